The Morgan fingerprint density at radius 1 is 0.235 bits per heavy atom. The van der Waals surface area contributed by atoms with Crippen LogP contribution in [-0.4, -0.2) is 12.7 Å². The van der Waals surface area contributed by atoms with Crippen molar-refractivity contribution in [1.82, 2.24) is 0 Å². The van der Waals surface area contributed by atoms with Gasteiger partial charge in [-0.15, -0.1) is 22.7 Å². The van der Waals surface area contributed by atoms with Gasteiger partial charge in [0.25, 0.3) is 0 Å². The van der Waals surface area contributed by atoms with E-state index in [-0.39, 0.29) is 0 Å². The standard InChI is InChI=1S/C48H30S.C30H20BO2.C18H11BrS/c1-2-19-36-31(13-1)14-11-25-37(36)32-15-9-17-34(29-32)46-40-21-3-5-23-42(40)47(43-24-6-4-22-41(43)46)35-18-10-16-33(30-35)38-26-12-27-44-39-20-7-8-28-45(39)49-48(38)44;32-31-33-30-27-16-5-3-14-25(27)29(26-15-4-6-17-28(26)30)22-12-7-11-21(19-22)24-18-8-10-20-9-1-2-13-23(20)24;19-13-6-3-5-12(11-13)14-8-4-9-16-15-7-1-2-10-17(15)20-18(14)16/h1-30H;1-19,32H;1-11H. The monoisotopic (exact) mass is 1400 g/mol. The average Bonchev–Trinajstić information content (AvgIpc) is 1.47. The van der Waals surface area contributed by atoms with Gasteiger partial charge in [0.1, 0.15) is 5.75 Å². The topological polar surface area (TPSA) is 29.5 Å². The molecule has 0 saturated heterocycles. The van der Waals surface area contributed by atoms with Crippen LogP contribution in [-0.2, 0) is 0 Å². The van der Waals surface area contributed by atoms with Gasteiger partial charge in [0, 0.05) is 55.6 Å². The summed E-state index contributed by atoms with van der Waals surface area (Å²) in [7, 11) is 0.759. The molecule has 0 spiro atoms. The van der Waals surface area contributed by atoms with Crippen LogP contribution in [0.15, 0.2) is 368 Å². The zero-order chi connectivity index (χ0) is 68.0. The predicted octanol–water partition coefficient (Wildman–Crippen LogP) is 28.1. The summed E-state index contributed by atoms with van der Waals surface area (Å²) in [5.74, 6) is 0.664. The van der Waals surface area contributed by atoms with Crippen LogP contribution in [0.25, 0.3) is 183 Å². The van der Waals surface area contributed by atoms with Crippen LogP contribution in [0.5, 0.6) is 5.75 Å². The molecule has 1 radical (unpaired) electrons. The third-order valence-electron chi connectivity index (χ3n) is 19.9. The first kappa shape index (κ1) is 62.5. The van der Waals surface area contributed by atoms with Gasteiger partial charge in [0.2, 0.25) is 0 Å². The van der Waals surface area contributed by atoms with Gasteiger partial charge in [0.15, 0.2) is 0 Å². The van der Waals surface area contributed by atoms with Gasteiger partial charge in [-0.2, -0.15) is 0 Å². The highest BCUT2D eigenvalue weighted by Gasteiger charge is 2.21. The highest BCUT2D eigenvalue weighted by molar-refractivity contribution is 9.10. The highest BCUT2D eigenvalue weighted by Crippen LogP contribution is 2.49. The summed E-state index contributed by atoms with van der Waals surface area (Å²) in [6.07, 6.45) is 0. The molecule has 0 unspecified atom stereocenters. The lowest BCUT2D eigenvalue weighted by Gasteiger charge is -2.19. The number of halogens is 1. The zero-order valence-electron chi connectivity index (χ0n) is 55.3. The average molecular weight is 1400 g/mol. The van der Waals surface area contributed by atoms with Crippen molar-refractivity contribution in [2.24, 2.45) is 0 Å². The summed E-state index contributed by atoms with van der Waals surface area (Å²) < 4.78 is 12.1. The minimum Gasteiger partial charge on any atom is -0.537 e. The van der Waals surface area contributed by atoms with Crippen molar-refractivity contribution in [1.29, 1.82) is 0 Å². The molecule has 0 amide bonds. The second-order valence-electron chi connectivity index (χ2n) is 25.7. The number of fused-ring (bicyclic) bond motifs is 12. The second kappa shape index (κ2) is 27.1. The van der Waals surface area contributed by atoms with E-state index >= 15 is 0 Å². The number of hydrogen-bond donors (Lipinski definition) is 1. The maximum Gasteiger partial charge on any atom is 0.569 e. The molecule has 0 saturated carbocycles. The quantitative estimate of drug-likeness (QED) is 0.115. The van der Waals surface area contributed by atoms with E-state index in [2.05, 4.69) is 344 Å². The van der Waals surface area contributed by atoms with Gasteiger partial charge < -0.3 is 9.68 Å². The van der Waals surface area contributed by atoms with Crippen LogP contribution in [0.3, 0.4) is 0 Å². The number of rotatable bonds is 9. The molecule has 102 heavy (non-hydrogen) atoms. The first-order valence-corrected chi connectivity index (χ1v) is 36.8. The zero-order valence-corrected chi connectivity index (χ0v) is 58.5. The van der Waals surface area contributed by atoms with Crippen molar-refractivity contribution in [2.45, 2.75) is 0 Å². The van der Waals surface area contributed by atoms with Gasteiger partial charge in [-0.25, -0.2) is 0 Å². The number of hydrogen-bond acceptors (Lipinski definition) is 4. The normalized spacial score (nSPS) is 11.4. The van der Waals surface area contributed by atoms with Gasteiger partial charge in [-0.05, 0) is 174 Å². The summed E-state index contributed by atoms with van der Waals surface area (Å²) in [4.78, 5) is 0. The largest absolute Gasteiger partial charge is 0.569 e. The molecule has 0 aliphatic carbocycles. The van der Waals surface area contributed by atoms with Crippen molar-refractivity contribution in [3.8, 4) is 83.6 Å². The van der Waals surface area contributed by atoms with Crippen molar-refractivity contribution in [2.75, 3.05) is 0 Å². The lowest BCUT2D eigenvalue weighted by atomic mass is 9.85. The Balaban J connectivity index is 0.000000121. The molecule has 20 aromatic rings. The van der Waals surface area contributed by atoms with Crippen LogP contribution in [0.4, 0.5) is 0 Å². The van der Waals surface area contributed by atoms with Crippen molar-refractivity contribution in [3.63, 3.8) is 0 Å². The molecule has 479 valence electrons. The van der Waals surface area contributed by atoms with Crippen LogP contribution in [0.2, 0.25) is 0 Å². The summed E-state index contributed by atoms with van der Waals surface area (Å²) >= 11 is 7.32. The molecule has 1 N–H and O–H groups in total. The maximum atomic E-state index is 9.43. The van der Waals surface area contributed by atoms with Crippen LogP contribution in [0.1, 0.15) is 0 Å². The molecule has 6 heteroatoms. The van der Waals surface area contributed by atoms with E-state index in [0.29, 0.717) is 5.75 Å². The fraction of sp³-hybridized carbons (Fsp3) is 0. The molecule has 2 heterocycles. The third kappa shape index (κ3) is 11.4. The second-order valence-corrected chi connectivity index (χ2v) is 28.7. The molecular weight excluding hydrogens is 1340 g/mol. The molecule has 2 aromatic heterocycles. The summed E-state index contributed by atoms with van der Waals surface area (Å²) in [6.45, 7) is 0. The predicted molar refractivity (Wildman–Crippen MR) is 444 cm³/mol. The maximum absolute atomic E-state index is 9.43. The lowest BCUT2D eigenvalue weighted by Crippen LogP contribution is -2.02. The Kier molecular flexibility index (Phi) is 16.6. The molecule has 0 bridgehead atoms. The van der Waals surface area contributed by atoms with Crippen LogP contribution < -0.4 is 4.65 Å². The smallest absolute Gasteiger partial charge is 0.537 e. The Morgan fingerprint density at radius 3 is 0.912 bits per heavy atom. The van der Waals surface area contributed by atoms with Gasteiger partial charge in [0.05, 0.1) is 0 Å². The SMILES string of the molecule is Brc1cccc(-c2cccc3c2sc2ccccc23)c1.O[B]Oc1c2ccccc2c(-c2cccc(-c3cccc4ccccc34)c2)c2ccccc12.c1cc(-c2cccc3ccccc23)cc(-c2c3ccccc3c(-c3cccc(-c4cccc5c4sc4ccccc45)c3)c3ccccc23)c1. The fourth-order valence-corrected chi connectivity index (χ4v) is 18.3. The van der Waals surface area contributed by atoms with E-state index < -0.39 is 0 Å². The summed E-state index contributed by atoms with van der Waals surface area (Å²) in [5, 5.41) is 29.0. The van der Waals surface area contributed by atoms with E-state index in [9.17, 15) is 5.02 Å². The van der Waals surface area contributed by atoms with E-state index in [1.54, 1.807) is 0 Å². The molecule has 0 aliphatic heterocycles. The van der Waals surface area contributed by atoms with E-state index in [1.807, 2.05) is 59.1 Å². The van der Waals surface area contributed by atoms with Gasteiger partial charge in [-0.1, -0.05) is 337 Å². The van der Waals surface area contributed by atoms with E-state index in [0.717, 1.165) is 44.8 Å². The van der Waals surface area contributed by atoms with Crippen LogP contribution >= 0.6 is 38.6 Å². The molecule has 2 nitrogen and oxygen atoms in total. The lowest BCUT2D eigenvalue weighted by molar-refractivity contribution is 0.459. The highest BCUT2D eigenvalue weighted by atomic mass is 79.9. The fourth-order valence-electron chi connectivity index (χ4n) is 15.4. The third-order valence-corrected chi connectivity index (χ3v) is 22.8. The van der Waals surface area contributed by atoms with Crippen molar-refractivity contribution >= 4 is 151 Å². The molecule has 0 aliphatic rings. The van der Waals surface area contributed by atoms with Crippen molar-refractivity contribution in [3.05, 3.63) is 368 Å². The summed E-state index contributed by atoms with van der Waals surface area (Å²) in [5.41, 5.74) is 17.3. The summed E-state index contributed by atoms with van der Waals surface area (Å²) in [6, 6.07) is 131. The van der Waals surface area contributed by atoms with E-state index in [4.69, 9.17) is 4.65 Å². The minimum absolute atomic E-state index is 0.664. The first-order chi connectivity index (χ1) is 50.5. The van der Waals surface area contributed by atoms with Crippen LogP contribution in [0, 0.1) is 0 Å². The Labute approximate surface area is 608 Å². The molecule has 18 aromatic carbocycles. The molecular formula is C96H61BBrO2S2. The Hall–Kier alpha value is -11.7. The molecule has 0 fully saturated rings. The minimum atomic E-state index is 0.664. The van der Waals surface area contributed by atoms with Crippen molar-refractivity contribution < 1.29 is 9.68 Å². The van der Waals surface area contributed by atoms with E-state index in [1.165, 1.54) is 150 Å². The Bertz CT molecular complexity index is 6520. The first-order valence-electron chi connectivity index (χ1n) is 34.3. The Morgan fingerprint density at radius 2 is 0.510 bits per heavy atom. The van der Waals surface area contributed by atoms with Gasteiger partial charge >= 0.3 is 7.69 Å². The molecule has 20 rings (SSSR count). The number of benzene rings is 18. The molecule has 0 atom stereocenters. The van der Waals surface area contributed by atoms with Gasteiger partial charge in [-0.3, -0.25) is 0 Å². The number of thiophene rings is 2.